The van der Waals surface area contributed by atoms with Crippen molar-refractivity contribution >= 4 is 17.4 Å². The van der Waals surface area contributed by atoms with Crippen LogP contribution in [0.1, 0.15) is 21.5 Å². The van der Waals surface area contributed by atoms with Crippen molar-refractivity contribution in [3.63, 3.8) is 0 Å². The van der Waals surface area contributed by atoms with Crippen molar-refractivity contribution in [2.24, 2.45) is 4.99 Å². The van der Waals surface area contributed by atoms with Crippen LogP contribution < -0.4 is 4.74 Å². The monoisotopic (exact) mass is 451 g/mol. The number of alkyl halides is 3. The van der Waals surface area contributed by atoms with E-state index in [2.05, 4.69) is 0 Å². The molecule has 0 unspecified atom stereocenters. The molecule has 0 atom stereocenters. The quantitative estimate of drug-likeness (QED) is 0.501. The molecular formula is C25H20F3N3O2. The minimum Gasteiger partial charge on any atom is -0.454 e. The molecule has 0 N–H and O–H groups in total. The van der Waals surface area contributed by atoms with Crippen LogP contribution in [0.5, 0.6) is 11.5 Å². The number of fused-ring (bicyclic) bond motifs is 2. The van der Waals surface area contributed by atoms with Crippen molar-refractivity contribution in [3.05, 3.63) is 89.5 Å². The van der Waals surface area contributed by atoms with E-state index in [0.717, 1.165) is 17.5 Å². The second-order valence-electron chi connectivity index (χ2n) is 7.82. The molecule has 5 rings (SSSR count). The number of para-hydroxylation sites is 3. The van der Waals surface area contributed by atoms with Gasteiger partial charge in [-0.2, -0.15) is 13.2 Å². The molecule has 1 amide bonds. The topological polar surface area (TPSA) is 45.1 Å². The van der Waals surface area contributed by atoms with Crippen LogP contribution in [0.2, 0.25) is 0 Å². The summed E-state index contributed by atoms with van der Waals surface area (Å²) < 4.78 is 46.2. The summed E-state index contributed by atoms with van der Waals surface area (Å²) in [6.45, 7) is 1.45. The van der Waals surface area contributed by atoms with Crippen LogP contribution in [-0.4, -0.2) is 47.7 Å². The van der Waals surface area contributed by atoms with E-state index < -0.39 is 17.6 Å². The lowest BCUT2D eigenvalue weighted by Gasteiger charge is -2.37. The number of benzene rings is 3. The molecule has 1 fully saturated rings. The molecule has 0 aromatic heterocycles. The number of amidine groups is 1. The van der Waals surface area contributed by atoms with Gasteiger partial charge in [-0.15, -0.1) is 0 Å². The van der Waals surface area contributed by atoms with Gasteiger partial charge in [0, 0.05) is 26.2 Å². The predicted molar refractivity (Wildman–Crippen MR) is 118 cm³/mol. The van der Waals surface area contributed by atoms with Crippen molar-refractivity contribution in [1.82, 2.24) is 9.80 Å². The van der Waals surface area contributed by atoms with Gasteiger partial charge < -0.3 is 14.5 Å². The lowest BCUT2D eigenvalue weighted by Crippen LogP contribution is -2.51. The fourth-order valence-corrected chi connectivity index (χ4v) is 4.12. The van der Waals surface area contributed by atoms with Gasteiger partial charge in [-0.05, 0) is 36.4 Å². The Morgan fingerprint density at radius 1 is 0.818 bits per heavy atom. The highest BCUT2D eigenvalue weighted by Crippen LogP contribution is 2.38. The second-order valence-corrected chi connectivity index (χ2v) is 7.82. The fourth-order valence-electron chi connectivity index (χ4n) is 4.12. The van der Waals surface area contributed by atoms with Gasteiger partial charge in [-0.1, -0.05) is 36.4 Å². The van der Waals surface area contributed by atoms with Crippen LogP contribution in [0.25, 0.3) is 0 Å². The van der Waals surface area contributed by atoms with E-state index in [1.807, 2.05) is 53.4 Å². The number of amides is 1. The Hall–Kier alpha value is -3.81. The second kappa shape index (κ2) is 8.27. The standard InChI is InChI=1S/C25H20F3N3O2/c26-25(27,28)19-9-3-1-7-17(19)24(32)31-15-13-30(14-16-31)23-18-8-2-5-11-21(18)33-22-12-6-4-10-20(22)29-23/h1-12H,13-16H2. The van der Waals surface area contributed by atoms with Gasteiger partial charge >= 0.3 is 6.18 Å². The summed E-state index contributed by atoms with van der Waals surface area (Å²) in [5, 5.41) is 0. The van der Waals surface area contributed by atoms with Gasteiger partial charge in [0.25, 0.3) is 5.91 Å². The molecule has 5 nitrogen and oxygen atoms in total. The molecular weight excluding hydrogens is 431 g/mol. The largest absolute Gasteiger partial charge is 0.454 e. The SMILES string of the molecule is O=C(c1ccccc1C(F)(F)F)N1CCN(C2=Nc3ccccc3Oc3ccccc32)CC1. The summed E-state index contributed by atoms with van der Waals surface area (Å²) in [7, 11) is 0. The number of rotatable bonds is 1. The maximum atomic E-state index is 13.4. The lowest BCUT2D eigenvalue weighted by molar-refractivity contribution is -0.138. The summed E-state index contributed by atoms with van der Waals surface area (Å²) in [6, 6.07) is 20.0. The zero-order valence-corrected chi connectivity index (χ0v) is 17.5. The third kappa shape index (κ3) is 4.04. The molecule has 168 valence electrons. The number of piperazine rings is 1. The summed E-state index contributed by atoms with van der Waals surface area (Å²) in [6.07, 6.45) is -4.58. The molecule has 0 saturated carbocycles. The Labute approximate surface area is 188 Å². The van der Waals surface area contributed by atoms with Crippen LogP contribution in [0, 0.1) is 0 Å². The molecule has 2 heterocycles. The first-order chi connectivity index (χ1) is 15.9. The van der Waals surface area contributed by atoms with Crippen molar-refractivity contribution in [2.45, 2.75) is 6.18 Å². The molecule has 33 heavy (non-hydrogen) atoms. The first-order valence-electron chi connectivity index (χ1n) is 10.6. The zero-order chi connectivity index (χ0) is 23.0. The van der Waals surface area contributed by atoms with Gasteiger partial charge in [-0.3, -0.25) is 4.79 Å². The van der Waals surface area contributed by atoms with Gasteiger partial charge in [0.05, 0.1) is 16.7 Å². The molecule has 2 aliphatic rings. The molecule has 3 aromatic carbocycles. The lowest BCUT2D eigenvalue weighted by atomic mass is 10.1. The van der Waals surface area contributed by atoms with E-state index in [1.165, 1.54) is 23.1 Å². The number of carbonyl (C=O) groups excluding carboxylic acids is 1. The van der Waals surface area contributed by atoms with E-state index in [-0.39, 0.29) is 18.7 Å². The van der Waals surface area contributed by atoms with Gasteiger partial charge in [-0.25, -0.2) is 4.99 Å². The van der Waals surface area contributed by atoms with Crippen LogP contribution in [0.4, 0.5) is 18.9 Å². The molecule has 0 aliphatic carbocycles. The third-order valence-corrected chi connectivity index (χ3v) is 5.77. The smallest absolute Gasteiger partial charge is 0.417 e. The highest BCUT2D eigenvalue weighted by Gasteiger charge is 2.36. The molecule has 8 heteroatoms. The Morgan fingerprint density at radius 2 is 1.45 bits per heavy atom. The number of hydrogen-bond donors (Lipinski definition) is 0. The number of halogens is 3. The van der Waals surface area contributed by atoms with E-state index in [4.69, 9.17) is 9.73 Å². The maximum Gasteiger partial charge on any atom is 0.417 e. The summed E-state index contributed by atoms with van der Waals surface area (Å²) in [4.78, 5) is 21.3. The first kappa shape index (κ1) is 21.1. The van der Waals surface area contributed by atoms with Crippen LogP contribution in [0.15, 0.2) is 77.8 Å². The molecule has 1 saturated heterocycles. The molecule has 2 aliphatic heterocycles. The van der Waals surface area contributed by atoms with Crippen LogP contribution >= 0.6 is 0 Å². The minimum atomic E-state index is -4.58. The Morgan fingerprint density at radius 3 is 2.21 bits per heavy atom. The number of hydrogen-bond acceptors (Lipinski definition) is 4. The number of aliphatic imine (C=N–C) groups is 1. The highest BCUT2D eigenvalue weighted by molar-refractivity contribution is 6.04. The maximum absolute atomic E-state index is 13.4. The van der Waals surface area contributed by atoms with Crippen LogP contribution in [0.3, 0.4) is 0 Å². The normalized spacial score (nSPS) is 15.7. The Kier molecular flexibility index (Phi) is 5.28. The zero-order valence-electron chi connectivity index (χ0n) is 17.5. The minimum absolute atomic E-state index is 0.286. The van der Waals surface area contributed by atoms with E-state index in [0.29, 0.717) is 30.3 Å². The van der Waals surface area contributed by atoms with Gasteiger partial charge in [0.1, 0.15) is 17.3 Å². The average Bonchev–Trinajstić information content (AvgIpc) is 3.00. The molecule has 0 radical (unpaired) electrons. The van der Waals surface area contributed by atoms with E-state index >= 15 is 0 Å². The molecule has 0 spiro atoms. The summed E-state index contributed by atoms with van der Waals surface area (Å²) in [5.74, 6) is 1.44. The highest BCUT2D eigenvalue weighted by atomic mass is 19.4. The number of ether oxygens (including phenoxy) is 1. The van der Waals surface area contributed by atoms with E-state index in [1.54, 1.807) is 0 Å². The molecule has 0 bridgehead atoms. The third-order valence-electron chi connectivity index (χ3n) is 5.77. The fraction of sp³-hybridized carbons (Fsp3) is 0.200. The van der Waals surface area contributed by atoms with Crippen molar-refractivity contribution in [2.75, 3.05) is 26.2 Å². The summed E-state index contributed by atoms with van der Waals surface area (Å²) >= 11 is 0. The number of carbonyl (C=O) groups is 1. The average molecular weight is 451 g/mol. The van der Waals surface area contributed by atoms with Crippen molar-refractivity contribution < 1.29 is 22.7 Å². The van der Waals surface area contributed by atoms with E-state index in [9.17, 15) is 18.0 Å². The predicted octanol–water partition coefficient (Wildman–Crippen LogP) is 5.35. The number of nitrogens with zero attached hydrogens (tertiary/aromatic N) is 3. The van der Waals surface area contributed by atoms with Crippen molar-refractivity contribution in [1.29, 1.82) is 0 Å². The van der Waals surface area contributed by atoms with Gasteiger partial charge in [0.2, 0.25) is 0 Å². The Bertz CT molecular complexity index is 1230. The van der Waals surface area contributed by atoms with Crippen LogP contribution in [-0.2, 0) is 6.18 Å². The Balaban J connectivity index is 1.40. The van der Waals surface area contributed by atoms with Gasteiger partial charge in [0.15, 0.2) is 5.75 Å². The van der Waals surface area contributed by atoms with Crippen molar-refractivity contribution in [3.8, 4) is 11.5 Å². The first-order valence-corrected chi connectivity index (χ1v) is 10.6. The summed E-state index contributed by atoms with van der Waals surface area (Å²) in [5.41, 5.74) is 0.295. The molecule has 3 aromatic rings.